The summed E-state index contributed by atoms with van der Waals surface area (Å²) in [5, 5.41) is 3.47. The number of nitrogens with one attached hydrogen (secondary N) is 1. The second-order valence-electron chi connectivity index (χ2n) is 18.9. The van der Waals surface area contributed by atoms with E-state index in [0.29, 0.717) is 36.9 Å². The van der Waals surface area contributed by atoms with Crippen molar-refractivity contribution in [3.63, 3.8) is 0 Å². The largest absolute Gasteiger partial charge is 0.465 e. The summed E-state index contributed by atoms with van der Waals surface area (Å²) in [6.45, 7) is 17.7. The molecule has 0 spiro atoms. The highest BCUT2D eigenvalue weighted by Crippen LogP contribution is 2.76. The van der Waals surface area contributed by atoms with Gasteiger partial charge in [-0.15, -0.1) is 0 Å². The molecule has 1 aromatic carbocycles. The van der Waals surface area contributed by atoms with Gasteiger partial charge in [0, 0.05) is 19.5 Å². The zero-order valence-corrected chi connectivity index (χ0v) is 33.5. The Bertz CT molecular complexity index is 1830. The van der Waals surface area contributed by atoms with Crippen LogP contribution in [0.25, 0.3) is 5.57 Å². The standard InChI is InChI=1S/C43H60N2O6S/c1-27(2)36-32(46)25-43(44-35(47)26-45-21-23-52(49,50)24-22-45)20-19-41(6)31(37(36)43)13-14-34-40(5)17-15-30(28-9-11-29(12-10-28)38(48)51-8)39(3,4)33(40)16-18-42(34,41)7/h9-12,15,27,31,33-34H,13-14,16-26H2,1-8H3,(H,44,47)/t31?,33?,34?,40-,41+,42+,43?/m0/s1. The number of esters is 1. The van der Waals surface area contributed by atoms with Crippen LogP contribution in [0.3, 0.4) is 0 Å². The van der Waals surface area contributed by atoms with Crippen LogP contribution in [0, 0.1) is 45.3 Å². The first kappa shape index (κ1) is 37.5. The molecule has 0 aromatic heterocycles. The van der Waals surface area contributed by atoms with E-state index >= 15 is 0 Å². The van der Waals surface area contributed by atoms with Crippen LogP contribution < -0.4 is 5.32 Å². The number of hydrogen-bond acceptors (Lipinski definition) is 7. The molecule has 0 bridgehead atoms. The summed E-state index contributed by atoms with van der Waals surface area (Å²) in [5.41, 5.74) is 4.76. The Morgan fingerprint density at radius 1 is 0.923 bits per heavy atom. The van der Waals surface area contributed by atoms with Crippen molar-refractivity contribution in [1.82, 2.24) is 10.2 Å². The van der Waals surface area contributed by atoms with Crippen LogP contribution in [0.2, 0.25) is 0 Å². The molecule has 7 rings (SSSR count). The van der Waals surface area contributed by atoms with Crippen molar-refractivity contribution in [2.24, 2.45) is 45.3 Å². The average molecular weight is 733 g/mol. The van der Waals surface area contributed by atoms with Crippen molar-refractivity contribution in [2.75, 3.05) is 38.2 Å². The van der Waals surface area contributed by atoms with E-state index in [0.717, 1.165) is 50.5 Å². The number of Topliss-reactive ketones (excluding diaryl/α,β-unsaturated/α-hetero) is 1. The van der Waals surface area contributed by atoms with E-state index < -0.39 is 15.4 Å². The molecule has 1 N–H and O–H groups in total. The molecule has 8 nitrogen and oxygen atoms in total. The minimum absolute atomic E-state index is 0.0166. The van der Waals surface area contributed by atoms with Gasteiger partial charge in [-0.3, -0.25) is 14.5 Å². The van der Waals surface area contributed by atoms with Gasteiger partial charge in [-0.2, -0.15) is 0 Å². The van der Waals surface area contributed by atoms with Gasteiger partial charge in [0.25, 0.3) is 0 Å². The van der Waals surface area contributed by atoms with Gasteiger partial charge < -0.3 is 10.1 Å². The number of nitrogens with zero attached hydrogens (tertiary/aromatic N) is 1. The number of hydrogen-bond donors (Lipinski definition) is 1. The molecule has 3 saturated carbocycles. The summed E-state index contributed by atoms with van der Waals surface area (Å²) in [7, 11) is -1.62. The lowest BCUT2D eigenvalue weighted by Gasteiger charge is -2.71. The van der Waals surface area contributed by atoms with Crippen LogP contribution in [0.1, 0.15) is 116 Å². The molecule has 4 fully saturated rings. The summed E-state index contributed by atoms with van der Waals surface area (Å²) >= 11 is 0. The van der Waals surface area contributed by atoms with Gasteiger partial charge in [-0.1, -0.05) is 66.7 Å². The zero-order chi connectivity index (χ0) is 37.6. The maximum absolute atomic E-state index is 14.0. The van der Waals surface area contributed by atoms with Crippen LogP contribution in [-0.2, 0) is 24.2 Å². The van der Waals surface area contributed by atoms with Crippen molar-refractivity contribution < 1.29 is 27.5 Å². The third kappa shape index (κ3) is 5.60. The lowest BCUT2D eigenvalue weighted by atomic mass is 9.33. The summed E-state index contributed by atoms with van der Waals surface area (Å²) in [6.07, 6.45) is 9.98. The van der Waals surface area contributed by atoms with Crippen LogP contribution in [-0.4, -0.2) is 74.8 Å². The quantitative estimate of drug-likeness (QED) is 0.313. The number of ketones is 1. The number of sulfone groups is 1. The van der Waals surface area contributed by atoms with Crippen molar-refractivity contribution in [2.45, 2.75) is 105 Å². The number of fused-ring (bicyclic) bond motifs is 7. The predicted molar refractivity (Wildman–Crippen MR) is 204 cm³/mol. The number of allylic oxidation sites excluding steroid dienone is 3. The molecule has 1 amide bonds. The van der Waals surface area contributed by atoms with Gasteiger partial charge in [0.1, 0.15) is 0 Å². The fraction of sp³-hybridized carbons (Fsp3) is 0.698. The minimum atomic E-state index is -3.04. The lowest BCUT2D eigenvalue weighted by molar-refractivity contribution is -0.194. The molecular formula is C43H60N2O6S. The van der Waals surface area contributed by atoms with Gasteiger partial charge in [0.05, 0.1) is 36.3 Å². The Morgan fingerprint density at radius 2 is 1.60 bits per heavy atom. The van der Waals surface area contributed by atoms with E-state index in [1.165, 1.54) is 23.8 Å². The van der Waals surface area contributed by atoms with Crippen molar-refractivity contribution >= 4 is 33.1 Å². The molecule has 1 aromatic rings. The first-order valence-corrected chi connectivity index (χ1v) is 21.5. The molecule has 1 heterocycles. The van der Waals surface area contributed by atoms with E-state index in [1.54, 1.807) is 0 Å². The number of rotatable bonds is 6. The SMILES string of the molecule is COC(=O)c1ccc(C2=CC[C@@]3(C)C(CC[C@]4(C)C3CCC3C5=C(C(C)C)C(=O)CC5(NC(=O)CN5CCS(=O)(=O)CC5)CC[C@]34C)C2(C)C)cc1. The highest BCUT2D eigenvalue weighted by atomic mass is 32.2. The summed E-state index contributed by atoms with van der Waals surface area (Å²) in [6, 6.07) is 7.92. The summed E-state index contributed by atoms with van der Waals surface area (Å²) < 4.78 is 29.0. The molecular weight excluding hydrogens is 673 g/mol. The molecule has 52 heavy (non-hydrogen) atoms. The van der Waals surface area contributed by atoms with E-state index in [1.807, 2.05) is 17.0 Å². The van der Waals surface area contributed by atoms with Crippen molar-refractivity contribution in [1.29, 1.82) is 0 Å². The minimum Gasteiger partial charge on any atom is -0.465 e. The molecule has 4 unspecified atom stereocenters. The smallest absolute Gasteiger partial charge is 0.337 e. The lowest BCUT2D eigenvalue weighted by Crippen LogP contribution is -2.66. The van der Waals surface area contributed by atoms with Gasteiger partial charge in [0.2, 0.25) is 5.91 Å². The number of methoxy groups -OCH3 is 1. The topological polar surface area (TPSA) is 110 Å². The van der Waals surface area contributed by atoms with Gasteiger partial charge in [-0.05, 0) is 125 Å². The third-order valence-corrected chi connectivity index (χ3v) is 17.4. The fourth-order valence-corrected chi connectivity index (χ4v) is 14.5. The van der Waals surface area contributed by atoms with Crippen LogP contribution in [0.15, 0.2) is 41.5 Å². The first-order valence-electron chi connectivity index (χ1n) is 19.7. The van der Waals surface area contributed by atoms with E-state index in [9.17, 15) is 22.8 Å². The van der Waals surface area contributed by atoms with Crippen LogP contribution in [0.5, 0.6) is 0 Å². The third-order valence-electron chi connectivity index (χ3n) is 15.8. The Labute approximate surface area is 311 Å². The van der Waals surface area contributed by atoms with Crippen molar-refractivity contribution in [3.05, 3.63) is 52.6 Å². The summed E-state index contributed by atoms with van der Waals surface area (Å²) in [4.78, 5) is 41.8. The molecule has 6 aliphatic rings. The van der Waals surface area contributed by atoms with Gasteiger partial charge in [-0.25, -0.2) is 13.2 Å². The molecule has 9 heteroatoms. The van der Waals surface area contributed by atoms with Crippen LogP contribution >= 0.6 is 0 Å². The first-order chi connectivity index (χ1) is 24.3. The fourth-order valence-electron chi connectivity index (χ4n) is 13.2. The second-order valence-corrected chi connectivity index (χ2v) is 21.2. The molecule has 0 radical (unpaired) electrons. The predicted octanol–water partition coefficient (Wildman–Crippen LogP) is 7.05. The monoisotopic (exact) mass is 732 g/mol. The number of carbonyl (C=O) groups excluding carboxylic acids is 3. The average Bonchev–Trinajstić information content (AvgIpc) is 3.37. The molecule has 5 aliphatic carbocycles. The number of ether oxygens (including phenoxy) is 1. The number of benzene rings is 1. The Morgan fingerprint density at radius 3 is 2.23 bits per heavy atom. The van der Waals surface area contributed by atoms with Gasteiger partial charge in [0.15, 0.2) is 15.6 Å². The normalized spacial score (nSPS) is 38.1. The number of amides is 1. The molecule has 1 aliphatic heterocycles. The van der Waals surface area contributed by atoms with Gasteiger partial charge >= 0.3 is 5.97 Å². The van der Waals surface area contributed by atoms with Crippen LogP contribution in [0.4, 0.5) is 0 Å². The zero-order valence-electron chi connectivity index (χ0n) is 32.7. The maximum atomic E-state index is 14.0. The maximum Gasteiger partial charge on any atom is 0.337 e. The number of carbonyl (C=O) groups is 3. The van der Waals surface area contributed by atoms with E-state index in [4.69, 9.17) is 4.74 Å². The Hall–Kier alpha value is -2.78. The van der Waals surface area contributed by atoms with E-state index in [-0.39, 0.29) is 69.2 Å². The summed E-state index contributed by atoms with van der Waals surface area (Å²) in [5.74, 6) is 1.29. The molecule has 1 saturated heterocycles. The Balaban J connectivity index is 1.19. The highest BCUT2D eigenvalue weighted by Gasteiger charge is 2.69. The molecule has 7 atom stereocenters. The molecule has 284 valence electrons. The highest BCUT2D eigenvalue weighted by molar-refractivity contribution is 7.91. The van der Waals surface area contributed by atoms with Crippen molar-refractivity contribution in [3.8, 4) is 0 Å². The van der Waals surface area contributed by atoms with E-state index in [2.05, 4.69) is 72.0 Å². The second kappa shape index (κ2) is 12.6. The Kier molecular flexibility index (Phi) is 9.12.